The molecule has 1 aromatic carbocycles. The summed E-state index contributed by atoms with van der Waals surface area (Å²) in [5.74, 6) is -1.53. The van der Waals surface area contributed by atoms with E-state index in [-0.39, 0.29) is 5.56 Å². The fourth-order valence-corrected chi connectivity index (χ4v) is 1.52. The maximum absolute atomic E-state index is 11.8. The molecule has 1 atom stereocenters. The molecule has 1 aromatic rings. The lowest BCUT2D eigenvalue weighted by Gasteiger charge is -2.13. The summed E-state index contributed by atoms with van der Waals surface area (Å²) in [7, 11) is 0. The summed E-state index contributed by atoms with van der Waals surface area (Å²) >= 11 is 0. The van der Waals surface area contributed by atoms with E-state index in [1.807, 2.05) is 13.0 Å². The number of carboxylic acids is 1. The molecular formula is C13H14N2O3. The quantitative estimate of drug-likeness (QED) is 0.824. The first-order valence-corrected chi connectivity index (χ1v) is 5.62. The van der Waals surface area contributed by atoms with Crippen LogP contribution in [0.3, 0.4) is 0 Å². The van der Waals surface area contributed by atoms with Crippen LogP contribution in [0.15, 0.2) is 24.3 Å². The lowest BCUT2D eigenvalue weighted by atomic mass is 10.1. The highest BCUT2D eigenvalue weighted by atomic mass is 16.4. The highest BCUT2D eigenvalue weighted by Crippen LogP contribution is 2.05. The van der Waals surface area contributed by atoms with Crippen molar-refractivity contribution in [3.8, 4) is 6.07 Å². The van der Waals surface area contributed by atoms with Gasteiger partial charge in [-0.25, -0.2) is 4.79 Å². The number of amides is 1. The number of carboxylic acid groups (broad SMARTS) is 1. The summed E-state index contributed by atoms with van der Waals surface area (Å²) in [5.41, 5.74) is 0.654. The van der Waals surface area contributed by atoms with Crippen molar-refractivity contribution >= 4 is 11.9 Å². The van der Waals surface area contributed by atoms with Crippen LogP contribution >= 0.6 is 0 Å². The zero-order valence-electron chi connectivity index (χ0n) is 10.0. The number of nitrogens with one attached hydrogen (secondary N) is 1. The zero-order valence-corrected chi connectivity index (χ0v) is 10.0. The molecule has 0 saturated carbocycles. The summed E-state index contributed by atoms with van der Waals surface area (Å²) in [6, 6.07) is 7.17. The van der Waals surface area contributed by atoms with Gasteiger partial charge in [-0.2, -0.15) is 5.26 Å². The molecule has 0 heterocycles. The molecule has 0 aliphatic heterocycles. The molecule has 5 nitrogen and oxygen atoms in total. The molecule has 2 N–H and O–H groups in total. The normalized spacial score (nSPS) is 11.3. The van der Waals surface area contributed by atoms with Crippen molar-refractivity contribution in [3.63, 3.8) is 0 Å². The minimum Gasteiger partial charge on any atom is -0.480 e. The highest BCUT2D eigenvalue weighted by Gasteiger charge is 2.19. The van der Waals surface area contributed by atoms with Gasteiger partial charge in [-0.05, 0) is 24.6 Å². The van der Waals surface area contributed by atoms with Crippen molar-refractivity contribution in [2.75, 3.05) is 0 Å². The maximum Gasteiger partial charge on any atom is 0.326 e. The standard InChI is InChI=1S/C13H14N2O3/c1-2-4-11(13(17)18)15-12(16)10-6-3-5-9(7-10)8-14/h3,5-7,11H,2,4H2,1H3,(H,15,16)(H,17,18). The second-order valence-corrected chi connectivity index (χ2v) is 3.85. The van der Waals surface area contributed by atoms with Crippen molar-refractivity contribution in [2.24, 2.45) is 0 Å². The number of hydrogen-bond acceptors (Lipinski definition) is 3. The van der Waals surface area contributed by atoms with Gasteiger partial charge >= 0.3 is 5.97 Å². The Morgan fingerprint density at radius 3 is 2.78 bits per heavy atom. The number of carbonyl (C=O) groups is 2. The zero-order chi connectivity index (χ0) is 13.5. The smallest absolute Gasteiger partial charge is 0.326 e. The van der Waals surface area contributed by atoms with Gasteiger partial charge < -0.3 is 10.4 Å². The maximum atomic E-state index is 11.8. The van der Waals surface area contributed by atoms with Crippen LogP contribution in [0.1, 0.15) is 35.7 Å². The molecule has 0 spiro atoms. The molecule has 0 aliphatic rings. The monoisotopic (exact) mass is 246 g/mol. The van der Waals surface area contributed by atoms with Crippen LogP contribution in [-0.4, -0.2) is 23.0 Å². The van der Waals surface area contributed by atoms with E-state index in [1.165, 1.54) is 6.07 Å². The molecule has 94 valence electrons. The first kappa shape index (κ1) is 13.7. The van der Waals surface area contributed by atoms with E-state index in [9.17, 15) is 9.59 Å². The van der Waals surface area contributed by atoms with Gasteiger partial charge in [0.1, 0.15) is 6.04 Å². The Bertz CT molecular complexity index is 491. The van der Waals surface area contributed by atoms with Crippen LogP contribution in [0.2, 0.25) is 0 Å². The molecule has 0 fully saturated rings. The minimum atomic E-state index is -1.05. The molecule has 0 aliphatic carbocycles. The van der Waals surface area contributed by atoms with E-state index >= 15 is 0 Å². The third-order valence-electron chi connectivity index (χ3n) is 2.43. The lowest BCUT2D eigenvalue weighted by molar-refractivity contribution is -0.139. The van der Waals surface area contributed by atoms with Gasteiger partial charge in [-0.1, -0.05) is 19.4 Å². The highest BCUT2D eigenvalue weighted by molar-refractivity contribution is 5.96. The SMILES string of the molecule is CCCC(NC(=O)c1cccc(C#N)c1)C(=O)O. The van der Waals surface area contributed by atoms with Crippen molar-refractivity contribution in [3.05, 3.63) is 35.4 Å². The van der Waals surface area contributed by atoms with Gasteiger partial charge in [0, 0.05) is 5.56 Å². The van der Waals surface area contributed by atoms with Gasteiger partial charge in [-0.3, -0.25) is 4.79 Å². The van der Waals surface area contributed by atoms with Crippen LogP contribution in [0.4, 0.5) is 0 Å². The molecule has 0 saturated heterocycles. The Morgan fingerprint density at radius 1 is 1.50 bits per heavy atom. The molecule has 1 unspecified atom stereocenters. The summed E-state index contributed by atoms with van der Waals surface area (Å²) in [6.07, 6.45) is 1.04. The van der Waals surface area contributed by atoms with Crippen LogP contribution in [-0.2, 0) is 4.79 Å². The lowest BCUT2D eigenvalue weighted by Crippen LogP contribution is -2.40. The molecule has 1 rings (SSSR count). The fraction of sp³-hybridized carbons (Fsp3) is 0.308. The first-order chi connectivity index (χ1) is 8.58. The average molecular weight is 246 g/mol. The molecule has 0 radical (unpaired) electrons. The second kappa shape index (κ2) is 6.40. The second-order valence-electron chi connectivity index (χ2n) is 3.85. The summed E-state index contributed by atoms with van der Waals surface area (Å²) < 4.78 is 0. The van der Waals surface area contributed by atoms with Gasteiger partial charge in [0.15, 0.2) is 0 Å². The number of hydrogen-bond donors (Lipinski definition) is 2. The summed E-state index contributed by atoms with van der Waals surface area (Å²) in [6.45, 7) is 1.85. The van der Waals surface area contributed by atoms with Gasteiger partial charge in [0.2, 0.25) is 0 Å². The number of nitrogens with zero attached hydrogens (tertiary/aromatic N) is 1. The van der Waals surface area contributed by atoms with Crippen molar-refractivity contribution in [1.82, 2.24) is 5.32 Å². The summed E-state index contributed by atoms with van der Waals surface area (Å²) in [5, 5.41) is 20.1. The number of rotatable bonds is 5. The fourth-order valence-electron chi connectivity index (χ4n) is 1.52. The van der Waals surface area contributed by atoms with Crippen LogP contribution in [0.25, 0.3) is 0 Å². The van der Waals surface area contributed by atoms with Gasteiger partial charge in [-0.15, -0.1) is 0 Å². The minimum absolute atomic E-state index is 0.288. The number of nitriles is 1. The third kappa shape index (κ3) is 3.59. The van der Waals surface area contributed by atoms with E-state index in [1.54, 1.807) is 18.2 Å². The predicted molar refractivity (Wildman–Crippen MR) is 65.0 cm³/mol. The van der Waals surface area contributed by atoms with Crippen molar-refractivity contribution in [2.45, 2.75) is 25.8 Å². The Kier molecular flexibility index (Phi) is 4.88. The number of carbonyl (C=O) groups excluding carboxylic acids is 1. The van der Waals surface area contributed by atoms with Crippen molar-refractivity contribution in [1.29, 1.82) is 5.26 Å². The molecule has 18 heavy (non-hydrogen) atoms. The van der Waals surface area contributed by atoms with E-state index in [0.717, 1.165) is 0 Å². The van der Waals surface area contributed by atoms with E-state index < -0.39 is 17.9 Å². The van der Waals surface area contributed by atoms with Gasteiger partial charge in [0.05, 0.1) is 11.6 Å². The van der Waals surface area contributed by atoms with Crippen LogP contribution in [0, 0.1) is 11.3 Å². The topological polar surface area (TPSA) is 90.2 Å². The average Bonchev–Trinajstić information content (AvgIpc) is 2.38. The molecule has 0 bridgehead atoms. The largest absolute Gasteiger partial charge is 0.480 e. The molecule has 1 amide bonds. The molecule has 0 aromatic heterocycles. The Balaban J connectivity index is 2.80. The first-order valence-electron chi connectivity index (χ1n) is 5.62. The van der Waals surface area contributed by atoms with E-state index in [2.05, 4.69) is 5.32 Å². The molecular weight excluding hydrogens is 232 g/mol. The van der Waals surface area contributed by atoms with E-state index in [0.29, 0.717) is 18.4 Å². The summed E-state index contributed by atoms with van der Waals surface area (Å²) in [4.78, 5) is 22.7. The van der Waals surface area contributed by atoms with Crippen LogP contribution in [0.5, 0.6) is 0 Å². The Hall–Kier alpha value is -2.35. The predicted octanol–water partition coefficient (Wildman–Crippen LogP) is 1.54. The Morgan fingerprint density at radius 2 is 2.22 bits per heavy atom. The van der Waals surface area contributed by atoms with Gasteiger partial charge in [0.25, 0.3) is 5.91 Å². The van der Waals surface area contributed by atoms with Crippen molar-refractivity contribution < 1.29 is 14.7 Å². The number of aliphatic carboxylic acids is 1. The van der Waals surface area contributed by atoms with E-state index in [4.69, 9.17) is 10.4 Å². The Labute approximate surface area is 105 Å². The molecule has 5 heteroatoms. The number of benzene rings is 1. The third-order valence-corrected chi connectivity index (χ3v) is 2.43. The van der Waals surface area contributed by atoms with Crippen LogP contribution < -0.4 is 5.32 Å².